The van der Waals surface area contributed by atoms with Crippen molar-refractivity contribution in [1.29, 1.82) is 0 Å². The molecule has 0 spiro atoms. The topological polar surface area (TPSA) is 43.8 Å². The van der Waals surface area contributed by atoms with Crippen molar-refractivity contribution >= 4 is 5.91 Å². The fraction of sp³-hybridized carbons (Fsp3) is 0.643. The van der Waals surface area contributed by atoms with Gasteiger partial charge in [0.1, 0.15) is 0 Å². The fourth-order valence-electron chi connectivity index (χ4n) is 2.03. The predicted molar refractivity (Wildman–Crippen MR) is 73.3 cm³/mol. The third-order valence-corrected chi connectivity index (χ3v) is 2.84. The lowest BCUT2D eigenvalue weighted by Gasteiger charge is -2.36. The van der Waals surface area contributed by atoms with Gasteiger partial charge in [0.15, 0.2) is 0 Å². The first-order valence-electron chi connectivity index (χ1n) is 6.45. The van der Waals surface area contributed by atoms with Gasteiger partial charge in [-0.15, -0.1) is 0 Å². The van der Waals surface area contributed by atoms with Gasteiger partial charge in [0.2, 0.25) is 5.91 Å². The maximum Gasteiger partial charge on any atom is 0.246 e. The molecule has 1 heterocycles. The first-order valence-corrected chi connectivity index (χ1v) is 6.45. The van der Waals surface area contributed by atoms with Gasteiger partial charge < -0.3 is 10.0 Å². The van der Waals surface area contributed by atoms with Gasteiger partial charge in [-0.2, -0.15) is 0 Å². The lowest BCUT2D eigenvalue weighted by atomic mass is 10.1. The lowest BCUT2D eigenvalue weighted by Crippen LogP contribution is -2.51. The van der Waals surface area contributed by atoms with Crippen LogP contribution >= 0.6 is 0 Å². The van der Waals surface area contributed by atoms with E-state index in [1.54, 1.807) is 12.2 Å². The zero-order valence-electron chi connectivity index (χ0n) is 11.6. The summed E-state index contributed by atoms with van der Waals surface area (Å²) in [7, 11) is 0. The van der Waals surface area contributed by atoms with Crippen LogP contribution < -0.4 is 0 Å². The van der Waals surface area contributed by atoms with E-state index in [1.807, 2.05) is 37.8 Å². The highest BCUT2D eigenvalue weighted by atomic mass is 16.3. The van der Waals surface area contributed by atoms with Gasteiger partial charge in [0, 0.05) is 38.8 Å². The van der Waals surface area contributed by atoms with Crippen molar-refractivity contribution in [2.24, 2.45) is 0 Å². The Bertz CT molecular complexity index is 321. The molecule has 0 aliphatic carbocycles. The number of carbonyl (C=O) groups excluding carboxylic acids is 1. The molecule has 0 aromatic carbocycles. The average molecular weight is 252 g/mol. The maximum absolute atomic E-state index is 11.8. The molecule has 1 rings (SSSR count). The second kappa shape index (κ2) is 6.71. The number of rotatable bonds is 4. The summed E-state index contributed by atoms with van der Waals surface area (Å²) in [6.45, 7) is 9.31. The number of β-amino-alcohol motifs (C(OH)–C–C–N with tert-alkyl or cyclic N) is 1. The number of piperazine rings is 1. The summed E-state index contributed by atoms with van der Waals surface area (Å²) in [5.41, 5.74) is -0.669. The smallest absolute Gasteiger partial charge is 0.246 e. The first kappa shape index (κ1) is 14.9. The van der Waals surface area contributed by atoms with Gasteiger partial charge in [-0.25, -0.2) is 0 Å². The van der Waals surface area contributed by atoms with Crippen molar-refractivity contribution in [3.8, 4) is 0 Å². The van der Waals surface area contributed by atoms with E-state index in [9.17, 15) is 9.90 Å². The Morgan fingerprint density at radius 3 is 2.33 bits per heavy atom. The molecule has 18 heavy (non-hydrogen) atoms. The molecule has 0 aromatic heterocycles. The second-order valence-electron chi connectivity index (χ2n) is 5.30. The normalized spacial score (nSPS) is 19.0. The van der Waals surface area contributed by atoms with Crippen LogP contribution in [-0.4, -0.2) is 59.1 Å². The standard InChI is InChI=1S/C14H24N2O2/c1-4-5-6-7-13(17)16-10-8-15(9-11-16)12-14(2,3)18/h4-7,18H,8-12H2,1-3H3. The first-order chi connectivity index (χ1) is 8.42. The van der Waals surface area contributed by atoms with Gasteiger partial charge in [-0.05, 0) is 20.8 Å². The molecule has 1 fully saturated rings. The summed E-state index contributed by atoms with van der Waals surface area (Å²) in [5.74, 6) is 0.0657. The third-order valence-electron chi connectivity index (χ3n) is 2.84. The average Bonchev–Trinajstić information content (AvgIpc) is 2.28. The van der Waals surface area contributed by atoms with Crippen LogP contribution in [0, 0.1) is 0 Å². The summed E-state index contributed by atoms with van der Waals surface area (Å²) in [6.07, 6.45) is 7.12. The highest BCUT2D eigenvalue weighted by molar-refractivity contribution is 5.87. The molecule has 0 saturated carbocycles. The minimum atomic E-state index is -0.669. The second-order valence-corrected chi connectivity index (χ2v) is 5.30. The molecule has 1 N–H and O–H groups in total. The van der Waals surface area contributed by atoms with E-state index >= 15 is 0 Å². The lowest BCUT2D eigenvalue weighted by molar-refractivity contribution is -0.128. The number of aliphatic hydroxyl groups is 1. The zero-order valence-corrected chi connectivity index (χ0v) is 11.6. The third kappa shape index (κ3) is 5.47. The van der Waals surface area contributed by atoms with E-state index in [-0.39, 0.29) is 5.91 Å². The number of allylic oxidation sites excluding steroid dienone is 3. The Morgan fingerprint density at radius 1 is 1.22 bits per heavy atom. The zero-order chi connectivity index (χ0) is 13.6. The van der Waals surface area contributed by atoms with Gasteiger partial charge in [0.25, 0.3) is 0 Å². The molecule has 0 aromatic rings. The molecule has 0 radical (unpaired) electrons. The van der Waals surface area contributed by atoms with Gasteiger partial charge in [-0.1, -0.05) is 18.2 Å². The SMILES string of the molecule is CC=CC=CC(=O)N1CCN(CC(C)(C)O)CC1. The quantitative estimate of drug-likeness (QED) is 0.600. The molecule has 102 valence electrons. The summed E-state index contributed by atoms with van der Waals surface area (Å²) in [6, 6.07) is 0. The molecular weight excluding hydrogens is 228 g/mol. The van der Waals surface area contributed by atoms with Crippen LogP contribution in [0.5, 0.6) is 0 Å². The van der Waals surface area contributed by atoms with Crippen LogP contribution in [0.25, 0.3) is 0 Å². The molecule has 0 bridgehead atoms. The van der Waals surface area contributed by atoms with Crippen LogP contribution in [0.3, 0.4) is 0 Å². The Hall–Kier alpha value is -1.13. The van der Waals surface area contributed by atoms with E-state index in [4.69, 9.17) is 0 Å². The Balaban J connectivity index is 2.37. The van der Waals surface area contributed by atoms with Crippen LogP contribution in [0.2, 0.25) is 0 Å². The highest BCUT2D eigenvalue weighted by Gasteiger charge is 2.23. The largest absolute Gasteiger partial charge is 0.389 e. The van der Waals surface area contributed by atoms with Crippen LogP contribution in [0.1, 0.15) is 20.8 Å². The molecular formula is C14H24N2O2. The van der Waals surface area contributed by atoms with E-state index in [0.717, 1.165) is 26.2 Å². The number of carbonyl (C=O) groups is 1. The molecule has 0 unspecified atom stereocenters. The van der Waals surface area contributed by atoms with Crippen molar-refractivity contribution in [1.82, 2.24) is 9.80 Å². The van der Waals surface area contributed by atoms with Crippen molar-refractivity contribution in [2.75, 3.05) is 32.7 Å². The van der Waals surface area contributed by atoms with Gasteiger partial charge in [0.05, 0.1) is 5.60 Å². The minimum Gasteiger partial charge on any atom is -0.389 e. The maximum atomic E-state index is 11.8. The molecule has 1 aliphatic rings. The van der Waals surface area contributed by atoms with E-state index in [2.05, 4.69) is 4.90 Å². The van der Waals surface area contributed by atoms with Crippen LogP contribution in [-0.2, 0) is 4.79 Å². The number of hydrogen-bond donors (Lipinski definition) is 1. The summed E-state index contributed by atoms with van der Waals surface area (Å²) < 4.78 is 0. The monoisotopic (exact) mass is 252 g/mol. The van der Waals surface area contributed by atoms with Crippen molar-refractivity contribution < 1.29 is 9.90 Å². The van der Waals surface area contributed by atoms with E-state index < -0.39 is 5.60 Å². The van der Waals surface area contributed by atoms with Gasteiger partial charge >= 0.3 is 0 Å². The van der Waals surface area contributed by atoms with Gasteiger partial charge in [-0.3, -0.25) is 9.69 Å². The molecule has 1 saturated heterocycles. The van der Waals surface area contributed by atoms with Crippen molar-refractivity contribution in [3.05, 3.63) is 24.3 Å². The Morgan fingerprint density at radius 2 is 1.83 bits per heavy atom. The molecule has 4 heteroatoms. The Labute approximate surface area is 110 Å². The highest BCUT2D eigenvalue weighted by Crippen LogP contribution is 2.08. The predicted octanol–water partition coefficient (Wildman–Crippen LogP) is 1.03. The van der Waals surface area contributed by atoms with E-state index in [1.165, 1.54) is 0 Å². The van der Waals surface area contributed by atoms with Crippen LogP contribution in [0.15, 0.2) is 24.3 Å². The summed E-state index contributed by atoms with van der Waals surface area (Å²) >= 11 is 0. The van der Waals surface area contributed by atoms with Crippen molar-refractivity contribution in [2.45, 2.75) is 26.4 Å². The fourth-order valence-corrected chi connectivity index (χ4v) is 2.03. The Kier molecular flexibility index (Phi) is 5.56. The molecule has 1 amide bonds. The van der Waals surface area contributed by atoms with Crippen LogP contribution in [0.4, 0.5) is 0 Å². The molecule has 1 aliphatic heterocycles. The number of nitrogens with zero attached hydrogens (tertiary/aromatic N) is 2. The summed E-state index contributed by atoms with van der Waals surface area (Å²) in [5, 5.41) is 9.75. The molecule has 0 atom stereocenters. The number of hydrogen-bond acceptors (Lipinski definition) is 3. The summed E-state index contributed by atoms with van der Waals surface area (Å²) in [4.78, 5) is 15.8. The number of amides is 1. The van der Waals surface area contributed by atoms with Crippen molar-refractivity contribution in [3.63, 3.8) is 0 Å². The van der Waals surface area contributed by atoms with E-state index in [0.29, 0.717) is 6.54 Å². The molecule has 4 nitrogen and oxygen atoms in total. The minimum absolute atomic E-state index is 0.0657.